The van der Waals surface area contributed by atoms with Crippen molar-refractivity contribution in [2.24, 2.45) is 5.41 Å². The second kappa shape index (κ2) is 4.43. The Kier molecular flexibility index (Phi) is 3.60. The summed E-state index contributed by atoms with van der Waals surface area (Å²) in [5.74, 6) is 0. The van der Waals surface area contributed by atoms with E-state index < -0.39 is 10.2 Å². The van der Waals surface area contributed by atoms with Gasteiger partial charge in [-0.2, -0.15) is 12.7 Å². The molecule has 0 fully saturated rings. The molecule has 1 aliphatic rings. The quantitative estimate of drug-likeness (QED) is 0.813. The Morgan fingerprint density at radius 2 is 1.88 bits per heavy atom. The van der Waals surface area contributed by atoms with Gasteiger partial charge in [0.15, 0.2) is 0 Å². The zero-order chi connectivity index (χ0) is 12.4. The van der Waals surface area contributed by atoms with Crippen molar-refractivity contribution in [3.63, 3.8) is 0 Å². The largest absolute Gasteiger partial charge is 0.301 e. The number of hydrogen-bond donors (Lipinski definition) is 1. The summed E-state index contributed by atoms with van der Waals surface area (Å²) in [4.78, 5) is 0. The van der Waals surface area contributed by atoms with Crippen molar-refractivity contribution in [2.45, 2.75) is 13.8 Å². The lowest BCUT2D eigenvalue weighted by atomic mass is 9.93. The van der Waals surface area contributed by atoms with Gasteiger partial charge in [-0.1, -0.05) is 32.1 Å². The summed E-state index contributed by atoms with van der Waals surface area (Å²) in [6.07, 6.45) is 9.35. The van der Waals surface area contributed by atoms with E-state index in [0.29, 0.717) is 5.70 Å². The number of nitrogens with zero attached hydrogens (tertiary/aromatic N) is 1. The van der Waals surface area contributed by atoms with Gasteiger partial charge in [0.05, 0.1) is 0 Å². The molecule has 0 bridgehead atoms. The maximum absolute atomic E-state index is 11.6. The molecule has 0 unspecified atom stereocenters. The Balaban J connectivity index is 2.87. The maximum Gasteiger partial charge on any atom is 0.301 e. The number of hydrogen-bond acceptors (Lipinski definition) is 2. The highest BCUT2D eigenvalue weighted by atomic mass is 32.2. The molecule has 1 N–H and O–H groups in total. The summed E-state index contributed by atoms with van der Waals surface area (Å²) in [5, 5.41) is 0. The van der Waals surface area contributed by atoms with E-state index >= 15 is 0 Å². The second-order valence-corrected chi connectivity index (χ2v) is 6.41. The van der Waals surface area contributed by atoms with Crippen LogP contribution in [0.4, 0.5) is 0 Å². The van der Waals surface area contributed by atoms with Crippen LogP contribution in [0.15, 0.2) is 36.1 Å². The third-order valence-electron chi connectivity index (χ3n) is 2.22. The number of rotatable bonds is 3. The van der Waals surface area contributed by atoms with Crippen LogP contribution in [0.1, 0.15) is 13.8 Å². The first kappa shape index (κ1) is 13.0. The first-order chi connectivity index (χ1) is 7.23. The summed E-state index contributed by atoms with van der Waals surface area (Å²) in [7, 11) is -0.443. The molecule has 1 aliphatic carbocycles. The lowest BCUT2D eigenvalue weighted by Crippen LogP contribution is -2.34. The summed E-state index contributed by atoms with van der Waals surface area (Å²) in [6.45, 7) is 4.11. The molecule has 0 radical (unpaired) electrons. The minimum Gasteiger partial charge on any atom is -0.271 e. The summed E-state index contributed by atoms with van der Waals surface area (Å²) >= 11 is 0. The molecule has 0 saturated carbocycles. The van der Waals surface area contributed by atoms with Crippen molar-refractivity contribution in [1.82, 2.24) is 9.03 Å². The molecule has 0 aromatic carbocycles. The van der Waals surface area contributed by atoms with Crippen molar-refractivity contribution >= 4 is 10.2 Å². The van der Waals surface area contributed by atoms with Gasteiger partial charge in [-0.25, -0.2) is 0 Å². The minimum absolute atomic E-state index is 0.0538. The van der Waals surface area contributed by atoms with E-state index in [9.17, 15) is 8.42 Å². The molecule has 0 amide bonds. The van der Waals surface area contributed by atoms with Gasteiger partial charge in [0.2, 0.25) is 0 Å². The monoisotopic (exact) mass is 242 g/mol. The zero-order valence-corrected chi connectivity index (χ0v) is 10.9. The molecular weight excluding hydrogens is 224 g/mol. The summed E-state index contributed by atoms with van der Waals surface area (Å²) < 4.78 is 26.8. The molecule has 5 heteroatoms. The van der Waals surface area contributed by atoms with Crippen LogP contribution in [0.5, 0.6) is 0 Å². The van der Waals surface area contributed by atoms with Crippen LogP contribution in [0.3, 0.4) is 0 Å². The Morgan fingerprint density at radius 3 is 2.44 bits per heavy atom. The molecule has 0 saturated heterocycles. The second-order valence-electron chi connectivity index (χ2n) is 4.53. The Morgan fingerprint density at radius 1 is 1.25 bits per heavy atom. The molecule has 1 rings (SSSR count). The fourth-order valence-electron chi connectivity index (χ4n) is 1.12. The van der Waals surface area contributed by atoms with Gasteiger partial charge in [-0.05, 0) is 12.2 Å². The lowest BCUT2D eigenvalue weighted by molar-refractivity contribution is 0.513. The fourth-order valence-corrected chi connectivity index (χ4v) is 1.74. The fraction of sp³-hybridized carbons (Fsp3) is 0.455. The van der Waals surface area contributed by atoms with E-state index in [-0.39, 0.29) is 5.41 Å². The van der Waals surface area contributed by atoms with Crippen molar-refractivity contribution in [3.05, 3.63) is 36.1 Å². The molecule has 0 spiro atoms. The van der Waals surface area contributed by atoms with Crippen LogP contribution in [0.2, 0.25) is 0 Å². The molecule has 0 heterocycles. The summed E-state index contributed by atoms with van der Waals surface area (Å²) in [6, 6.07) is 0. The molecule has 0 aromatic heterocycles. The Hall–Kier alpha value is -1.07. The lowest BCUT2D eigenvalue weighted by Gasteiger charge is -2.14. The van der Waals surface area contributed by atoms with E-state index in [0.717, 1.165) is 4.31 Å². The predicted octanol–water partition coefficient (Wildman–Crippen LogP) is 1.42. The highest BCUT2D eigenvalue weighted by Crippen LogP contribution is 2.22. The molecule has 90 valence electrons. The zero-order valence-electron chi connectivity index (χ0n) is 10.1. The van der Waals surface area contributed by atoms with E-state index in [1.54, 1.807) is 12.2 Å². The first-order valence-electron chi connectivity index (χ1n) is 5.02. The number of allylic oxidation sites excluding steroid dienone is 5. The topological polar surface area (TPSA) is 49.4 Å². The smallest absolute Gasteiger partial charge is 0.271 e. The number of nitrogens with one attached hydrogen (secondary N) is 1. The van der Waals surface area contributed by atoms with Crippen LogP contribution in [-0.4, -0.2) is 26.8 Å². The van der Waals surface area contributed by atoms with Crippen LogP contribution in [0.25, 0.3) is 0 Å². The van der Waals surface area contributed by atoms with Gasteiger partial charge in [0.1, 0.15) is 0 Å². The molecule has 16 heavy (non-hydrogen) atoms. The third kappa shape index (κ3) is 3.50. The SMILES string of the molecule is CN(C)S(=O)(=O)NC1=CC=CC(C)(C)C=C1. The predicted molar refractivity (Wildman–Crippen MR) is 65.9 cm³/mol. The van der Waals surface area contributed by atoms with Gasteiger partial charge in [0.25, 0.3) is 0 Å². The summed E-state index contributed by atoms with van der Waals surface area (Å²) in [5.41, 5.74) is 0.512. The molecular formula is C11H18N2O2S. The van der Waals surface area contributed by atoms with Crippen molar-refractivity contribution in [3.8, 4) is 0 Å². The van der Waals surface area contributed by atoms with Gasteiger partial charge in [0, 0.05) is 25.2 Å². The van der Waals surface area contributed by atoms with Crippen molar-refractivity contribution in [2.75, 3.05) is 14.1 Å². The molecule has 0 aliphatic heterocycles. The van der Waals surface area contributed by atoms with E-state index in [1.807, 2.05) is 18.2 Å². The highest BCUT2D eigenvalue weighted by Gasteiger charge is 2.15. The minimum atomic E-state index is -3.42. The third-order valence-corrected chi connectivity index (χ3v) is 3.68. The molecule has 4 nitrogen and oxygen atoms in total. The van der Waals surface area contributed by atoms with E-state index in [4.69, 9.17) is 0 Å². The van der Waals surface area contributed by atoms with Crippen molar-refractivity contribution in [1.29, 1.82) is 0 Å². The van der Waals surface area contributed by atoms with Crippen LogP contribution in [-0.2, 0) is 10.2 Å². The normalized spacial score (nSPS) is 19.4. The van der Waals surface area contributed by atoms with Gasteiger partial charge >= 0.3 is 10.2 Å². The van der Waals surface area contributed by atoms with Gasteiger partial charge in [-0.3, -0.25) is 4.72 Å². The molecule has 0 aromatic rings. The van der Waals surface area contributed by atoms with E-state index in [2.05, 4.69) is 18.6 Å². The van der Waals surface area contributed by atoms with Gasteiger partial charge < -0.3 is 0 Å². The standard InChI is InChI=1S/C11H18N2O2S/c1-11(2)8-5-6-10(7-9-11)12-16(14,15)13(3)4/h5-9,12H,1-4H3. The highest BCUT2D eigenvalue weighted by molar-refractivity contribution is 7.87. The average molecular weight is 242 g/mol. The first-order valence-corrected chi connectivity index (χ1v) is 6.46. The Labute approximate surface area is 97.5 Å². The van der Waals surface area contributed by atoms with Gasteiger partial charge in [-0.15, -0.1) is 0 Å². The average Bonchev–Trinajstić information content (AvgIpc) is 2.27. The van der Waals surface area contributed by atoms with Crippen LogP contribution >= 0.6 is 0 Å². The molecule has 0 atom stereocenters. The van der Waals surface area contributed by atoms with Crippen LogP contribution in [0, 0.1) is 5.41 Å². The van der Waals surface area contributed by atoms with Crippen molar-refractivity contribution < 1.29 is 8.42 Å². The van der Waals surface area contributed by atoms with Crippen LogP contribution < -0.4 is 4.72 Å². The maximum atomic E-state index is 11.6. The Bertz CT molecular complexity index is 443. The van der Waals surface area contributed by atoms with E-state index in [1.165, 1.54) is 14.1 Å².